The third-order valence-electron chi connectivity index (χ3n) is 4.38. The molecule has 1 saturated carbocycles. The summed E-state index contributed by atoms with van der Waals surface area (Å²) in [7, 11) is 0. The number of nitrogens with two attached hydrogens (primary N) is 1. The molecule has 1 aliphatic carbocycles. The van der Waals surface area contributed by atoms with Crippen LogP contribution in [-0.2, 0) is 10.2 Å². The van der Waals surface area contributed by atoms with Crippen molar-refractivity contribution in [3.8, 4) is 5.75 Å². The zero-order valence-electron chi connectivity index (χ0n) is 13.0. The van der Waals surface area contributed by atoms with Gasteiger partial charge in [-0.25, -0.2) is 14.4 Å². The predicted octanol–water partition coefficient (Wildman–Crippen LogP) is 2.05. The van der Waals surface area contributed by atoms with Crippen LogP contribution < -0.4 is 10.5 Å². The third kappa shape index (κ3) is 2.88. The van der Waals surface area contributed by atoms with Crippen molar-refractivity contribution in [2.45, 2.75) is 25.7 Å². The molecule has 1 amide bonds. The summed E-state index contributed by atoms with van der Waals surface area (Å²) in [5.41, 5.74) is 6.56. The van der Waals surface area contributed by atoms with Gasteiger partial charge in [0, 0.05) is 5.41 Å². The molecule has 0 bridgehead atoms. The van der Waals surface area contributed by atoms with E-state index in [0.29, 0.717) is 18.0 Å². The molecule has 23 heavy (non-hydrogen) atoms. The van der Waals surface area contributed by atoms with Crippen LogP contribution in [0.15, 0.2) is 30.5 Å². The Morgan fingerprint density at radius 2 is 2.09 bits per heavy atom. The molecule has 0 aliphatic heterocycles. The summed E-state index contributed by atoms with van der Waals surface area (Å²) in [6.45, 7) is 3.92. The Balaban J connectivity index is 1.83. The molecule has 2 aromatic rings. The molecule has 2 atom stereocenters. The van der Waals surface area contributed by atoms with Crippen LogP contribution >= 0.6 is 0 Å². The average molecular weight is 315 g/mol. The SMILES string of the molecule is Cc1ncc(OC[C@@]2(c3ccc(F)cc3)C[C@H]2C(N)=O)c(C)n1. The highest BCUT2D eigenvalue weighted by Gasteiger charge is 2.59. The first-order valence-electron chi connectivity index (χ1n) is 7.41. The van der Waals surface area contributed by atoms with Crippen molar-refractivity contribution in [1.29, 1.82) is 0 Å². The van der Waals surface area contributed by atoms with Crippen molar-refractivity contribution >= 4 is 5.91 Å². The van der Waals surface area contributed by atoms with Gasteiger partial charge in [-0.15, -0.1) is 0 Å². The largest absolute Gasteiger partial charge is 0.489 e. The number of rotatable bonds is 5. The maximum atomic E-state index is 13.2. The van der Waals surface area contributed by atoms with E-state index in [1.54, 1.807) is 25.3 Å². The topological polar surface area (TPSA) is 78.1 Å². The lowest BCUT2D eigenvalue weighted by Gasteiger charge is -2.19. The lowest BCUT2D eigenvalue weighted by molar-refractivity contribution is -0.119. The first kappa shape index (κ1) is 15.4. The minimum Gasteiger partial charge on any atom is -0.489 e. The third-order valence-corrected chi connectivity index (χ3v) is 4.38. The molecule has 0 unspecified atom stereocenters. The van der Waals surface area contributed by atoms with E-state index < -0.39 is 5.41 Å². The lowest BCUT2D eigenvalue weighted by Crippen LogP contribution is -2.27. The maximum absolute atomic E-state index is 13.2. The zero-order chi connectivity index (χ0) is 16.6. The summed E-state index contributed by atoms with van der Waals surface area (Å²) < 4.78 is 19.0. The van der Waals surface area contributed by atoms with E-state index in [2.05, 4.69) is 9.97 Å². The molecule has 1 fully saturated rings. The van der Waals surface area contributed by atoms with Gasteiger partial charge >= 0.3 is 0 Å². The van der Waals surface area contributed by atoms with Crippen LogP contribution in [0.4, 0.5) is 4.39 Å². The van der Waals surface area contributed by atoms with Crippen molar-refractivity contribution in [2.24, 2.45) is 11.7 Å². The molecule has 1 heterocycles. The molecule has 1 aliphatic rings. The summed E-state index contributed by atoms with van der Waals surface area (Å²) in [5.74, 6) is 0.259. The van der Waals surface area contributed by atoms with Crippen LogP contribution in [0.2, 0.25) is 0 Å². The summed E-state index contributed by atoms with van der Waals surface area (Å²) in [6.07, 6.45) is 2.22. The zero-order valence-corrected chi connectivity index (χ0v) is 13.0. The minimum absolute atomic E-state index is 0.277. The monoisotopic (exact) mass is 315 g/mol. The number of carbonyl (C=O) groups excluding carboxylic acids is 1. The van der Waals surface area contributed by atoms with Crippen LogP contribution in [0.1, 0.15) is 23.5 Å². The van der Waals surface area contributed by atoms with E-state index in [1.807, 2.05) is 6.92 Å². The first-order chi connectivity index (χ1) is 10.9. The van der Waals surface area contributed by atoms with Gasteiger partial charge in [0.2, 0.25) is 5.91 Å². The highest BCUT2D eigenvalue weighted by molar-refractivity contribution is 5.82. The molecule has 6 heteroatoms. The number of amides is 1. The Kier molecular flexibility index (Phi) is 3.75. The van der Waals surface area contributed by atoms with Gasteiger partial charge in [0.25, 0.3) is 0 Å². The average Bonchev–Trinajstić information content (AvgIpc) is 3.23. The summed E-state index contributed by atoms with van der Waals surface area (Å²) >= 11 is 0. The van der Waals surface area contributed by atoms with E-state index in [9.17, 15) is 9.18 Å². The fraction of sp³-hybridized carbons (Fsp3) is 0.353. The van der Waals surface area contributed by atoms with Gasteiger partial charge in [0.15, 0.2) is 5.75 Å². The number of nitrogens with zero attached hydrogens (tertiary/aromatic N) is 2. The number of aromatic nitrogens is 2. The number of hydrogen-bond acceptors (Lipinski definition) is 4. The molecule has 5 nitrogen and oxygen atoms in total. The fourth-order valence-corrected chi connectivity index (χ4v) is 2.94. The Bertz CT molecular complexity index is 748. The summed E-state index contributed by atoms with van der Waals surface area (Å²) in [5, 5.41) is 0. The summed E-state index contributed by atoms with van der Waals surface area (Å²) in [4.78, 5) is 20.0. The first-order valence-corrected chi connectivity index (χ1v) is 7.41. The quantitative estimate of drug-likeness (QED) is 0.916. The highest BCUT2D eigenvalue weighted by atomic mass is 19.1. The van der Waals surface area contributed by atoms with E-state index in [4.69, 9.17) is 10.5 Å². The Morgan fingerprint density at radius 1 is 1.39 bits per heavy atom. The number of carbonyl (C=O) groups is 1. The lowest BCUT2D eigenvalue weighted by atomic mass is 9.93. The normalized spacial score (nSPS) is 22.7. The molecule has 0 radical (unpaired) electrons. The number of hydrogen-bond donors (Lipinski definition) is 1. The van der Waals surface area contributed by atoms with Crippen LogP contribution in [0, 0.1) is 25.6 Å². The molecule has 0 spiro atoms. The van der Waals surface area contributed by atoms with Gasteiger partial charge in [-0.3, -0.25) is 4.79 Å². The molecule has 120 valence electrons. The fourth-order valence-electron chi connectivity index (χ4n) is 2.94. The number of halogens is 1. The standard InChI is InChI=1S/C17H18FN3O2/c1-10-15(8-20-11(2)21-10)23-9-17(7-14(17)16(19)22)12-3-5-13(18)6-4-12/h3-6,8,14H,7,9H2,1-2H3,(H2,19,22)/t14-,17+/m0/s1. The molecule has 1 aromatic heterocycles. The van der Waals surface area contributed by atoms with Gasteiger partial charge < -0.3 is 10.5 Å². The van der Waals surface area contributed by atoms with Gasteiger partial charge in [0.05, 0.1) is 24.4 Å². The van der Waals surface area contributed by atoms with E-state index in [0.717, 1.165) is 11.3 Å². The van der Waals surface area contributed by atoms with Gasteiger partial charge in [-0.1, -0.05) is 12.1 Å². The highest BCUT2D eigenvalue weighted by Crippen LogP contribution is 2.54. The second-order valence-corrected chi connectivity index (χ2v) is 5.98. The molecular weight excluding hydrogens is 297 g/mol. The van der Waals surface area contributed by atoms with Gasteiger partial charge in [-0.2, -0.15) is 0 Å². The molecular formula is C17H18FN3O2. The molecule has 3 rings (SSSR count). The second kappa shape index (κ2) is 5.61. The van der Waals surface area contributed by atoms with Crippen LogP contribution in [0.5, 0.6) is 5.75 Å². The van der Waals surface area contributed by atoms with Crippen molar-refractivity contribution in [1.82, 2.24) is 9.97 Å². The Morgan fingerprint density at radius 3 is 2.65 bits per heavy atom. The van der Waals surface area contributed by atoms with Gasteiger partial charge in [0.1, 0.15) is 11.6 Å². The Labute approximate surface area is 133 Å². The van der Waals surface area contributed by atoms with E-state index in [-0.39, 0.29) is 24.2 Å². The van der Waals surface area contributed by atoms with Crippen LogP contribution in [0.3, 0.4) is 0 Å². The minimum atomic E-state index is -0.503. The number of benzene rings is 1. The smallest absolute Gasteiger partial charge is 0.221 e. The second-order valence-electron chi connectivity index (χ2n) is 5.98. The molecule has 2 N–H and O–H groups in total. The van der Waals surface area contributed by atoms with Crippen LogP contribution in [-0.4, -0.2) is 22.5 Å². The van der Waals surface area contributed by atoms with Crippen molar-refractivity contribution < 1.29 is 13.9 Å². The Hall–Kier alpha value is -2.50. The number of primary amides is 1. The van der Waals surface area contributed by atoms with Crippen molar-refractivity contribution in [2.75, 3.05) is 6.61 Å². The van der Waals surface area contributed by atoms with E-state index in [1.165, 1.54) is 12.1 Å². The van der Waals surface area contributed by atoms with Crippen LogP contribution in [0.25, 0.3) is 0 Å². The molecule has 1 aromatic carbocycles. The van der Waals surface area contributed by atoms with Crippen molar-refractivity contribution in [3.63, 3.8) is 0 Å². The molecule has 0 saturated heterocycles. The van der Waals surface area contributed by atoms with Gasteiger partial charge in [-0.05, 0) is 38.0 Å². The van der Waals surface area contributed by atoms with Crippen molar-refractivity contribution in [3.05, 3.63) is 53.4 Å². The van der Waals surface area contributed by atoms with E-state index >= 15 is 0 Å². The maximum Gasteiger partial charge on any atom is 0.221 e. The number of aryl methyl sites for hydroxylation is 2. The predicted molar refractivity (Wildman–Crippen MR) is 82.4 cm³/mol. The number of ether oxygens (including phenoxy) is 1. The summed E-state index contributed by atoms with van der Waals surface area (Å²) in [6, 6.07) is 6.13.